The molecule has 4 fully saturated rings. The molecule has 10 rings (SSSR count). The Morgan fingerprint density at radius 1 is 0.945 bits per heavy atom. The van der Waals surface area contributed by atoms with Crippen molar-refractivity contribution in [1.82, 2.24) is 39.5 Å². The van der Waals surface area contributed by atoms with Crippen molar-refractivity contribution in [2.45, 2.75) is 75.9 Å². The van der Waals surface area contributed by atoms with E-state index in [4.69, 9.17) is 5.10 Å². The molecule has 1 aliphatic carbocycles. The first-order chi connectivity index (χ1) is 26.8. The summed E-state index contributed by atoms with van der Waals surface area (Å²) in [5, 5.41) is 15.9. The van der Waals surface area contributed by atoms with E-state index < -0.39 is 6.04 Å². The van der Waals surface area contributed by atoms with E-state index in [1.54, 1.807) is 34.1 Å². The van der Waals surface area contributed by atoms with Gasteiger partial charge >= 0.3 is 0 Å². The highest BCUT2D eigenvalue weighted by Crippen LogP contribution is 2.45. The number of nitrogens with zero attached hydrogens (tertiary/aromatic N) is 8. The molecule has 5 aliphatic rings. The lowest BCUT2D eigenvalue weighted by Gasteiger charge is -2.38. The molecule has 0 bridgehead atoms. The Hall–Kier alpha value is -5.63. The first-order valence-corrected chi connectivity index (χ1v) is 19.7. The van der Waals surface area contributed by atoms with Gasteiger partial charge in [-0.15, -0.1) is 0 Å². The van der Waals surface area contributed by atoms with Gasteiger partial charge in [-0.1, -0.05) is 0 Å². The molecule has 5 aromatic rings. The number of aromatic nitrogens is 5. The number of piperidine rings is 3. The van der Waals surface area contributed by atoms with Crippen LogP contribution in [0, 0.1) is 5.92 Å². The highest BCUT2D eigenvalue weighted by atomic mass is 16.2. The fraction of sp³-hybridized carbons (Fsp3) is 0.439. The molecule has 55 heavy (non-hydrogen) atoms. The van der Waals surface area contributed by atoms with Crippen molar-refractivity contribution in [3.05, 3.63) is 83.4 Å². The van der Waals surface area contributed by atoms with Crippen LogP contribution in [-0.2, 0) is 16.1 Å². The molecule has 0 spiro atoms. The molecule has 0 radical (unpaired) electrons. The molecule has 3 aromatic heterocycles. The smallest absolute Gasteiger partial charge is 0.261 e. The van der Waals surface area contributed by atoms with Crippen LogP contribution in [0.5, 0.6) is 0 Å². The fourth-order valence-corrected chi connectivity index (χ4v) is 9.17. The molecular formula is C41H44N10O4. The minimum atomic E-state index is -0.593. The molecule has 14 nitrogen and oxygen atoms in total. The quantitative estimate of drug-likeness (QED) is 0.219. The molecule has 4 aliphatic heterocycles. The van der Waals surface area contributed by atoms with Crippen molar-refractivity contribution in [2.24, 2.45) is 5.92 Å². The van der Waals surface area contributed by atoms with E-state index in [9.17, 15) is 19.2 Å². The van der Waals surface area contributed by atoms with Gasteiger partial charge < -0.3 is 20.0 Å². The zero-order chi connectivity index (χ0) is 37.2. The molecule has 14 heteroatoms. The van der Waals surface area contributed by atoms with Gasteiger partial charge in [0.15, 0.2) is 5.65 Å². The molecule has 2 aromatic carbocycles. The van der Waals surface area contributed by atoms with Gasteiger partial charge in [0, 0.05) is 86.6 Å². The lowest BCUT2D eigenvalue weighted by Crippen LogP contribution is -2.52. The molecule has 2 N–H and O–H groups in total. The van der Waals surface area contributed by atoms with Gasteiger partial charge in [-0.3, -0.25) is 29.2 Å². The number of nitrogens with one attached hydrogen (secondary N) is 2. The van der Waals surface area contributed by atoms with Crippen LogP contribution in [0.1, 0.15) is 95.2 Å². The molecule has 1 saturated carbocycles. The number of rotatable bonds is 8. The van der Waals surface area contributed by atoms with E-state index in [0.29, 0.717) is 47.6 Å². The summed E-state index contributed by atoms with van der Waals surface area (Å²) in [5.41, 5.74) is 6.71. The Morgan fingerprint density at radius 3 is 2.58 bits per heavy atom. The fourth-order valence-electron chi connectivity index (χ4n) is 9.17. The number of likely N-dealkylation sites (tertiary alicyclic amines) is 1. The van der Waals surface area contributed by atoms with Gasteiger partial charge in [0.05, 0.1) is 17.8 Å². The van der Waals surface area contributed by atoms with E-state index in [2.05, 4.69) is 59.6 Å². The molecular weight excluding hydrogens is 697 g/mol. The number of hydrogen-bond acceptors (Lipinski definition) is 9. The van der Waals surface area contributed by atoms with Gasteiger partial charge in [0.2, 0.25) is 11.8 Å². The third-order valence-electron chi connectivity index (χ3n) is 12.4. The summed E-state index contributed by atoms with van der Waals surface area (Å²) in [6.45, 7) is 5.56. The predicted molar refractivity (Wildman–Crippen MR) is 205 cm³/mol. The van der Waals surface area contributed by atoms with Crippen LogP contribution in [0.4, 0.5) is 11.4 Å². The van der Waals surface area contributed by atoms with Crippen LogP contribution in [0.25, 0.3) is 16.6 Å². The van der Waals surface area contributed by atoms with Crippen LogP contribution in [0.3, 0.4) is 0 Å². The minimum Gasteiger partial charge on any atom is -0.372 e. The summed E-state index contributed by atoms with van der Waals surface area (Å²) in [6, 6.07) is 11.9. The normalized spacial score (nSPS) is 21.5. The van der Waals surface area contributed by atoms with E-state index in [1.165, 1.54) is 0 Å². The lowest BCUT2D eigenvalue weighted by atomic mass is 9.94. The van der Waals surface area contributed by atoms with Gasteiger partial charge in [0.1, 0.15) is 11.6 Å². The number of fused-ring (bicyclic) bond motifs is 3. The molecule has 1 atom stereocenters. The summed E-state index contributed by atoms with van der Waals surface area (Å²) in [5.74, 6) is 0.102. The molecule has 3 saturated heterocycles. The van der Waals surface area contributed by atoms with Crippen LogP contribution >= 0.6 is 0 Å². The van der Waals surface area contributed by atoms with Crippen molar-refractivity contribution in [3.63, 3.8) is 0 Å². The van der Waals surface area contributed by atoms with E-state index in [0.717, 1.165) is 105 Å². The van der Waals surface area contributed by atoms with Gasteiger partial charge in [-0.25, -0.2) is 9.50 Å². The van der Waals surface area contributed by atoms with Crippen LogP contribution < -0.4 is 15.5 Å². The monoisotopic (exact) mass is 740 g/mol. The molecule has 7 heterocycles. The molecule has 1 unspecified atom stereocenters. The number of imide groups is 1. The average Bonchev–Trinajstić information content (AvgIpc) is 3.67. The van der Waals surface area contributed by atoms with E-state index >= 15 is 0 Å². The SMILES string of the molecule is O=C1CCC(N2Cc3cc(N4CCC(CN5CCC(n6cc7cc(NC(=O)c8cnn9cccnc89)c(C8CC8)cc7n6)CC5)CC4)ccc3C2=O)C(=O)N1. The number of hydrogen-bond donors (Lipinski definition) is 2. The second-order valence-electron chi connectivity index (χ2n) is 16.0. The Kier molecular flexibility index (Phi) is 8.38. The lowest BCUT2D eigenvalue weighted by molar-refractivity contribution is -0.136. The first kappa shape index (κ1) is 33.9. The Morgan fingerprint density at radius 2 is 1.78 bits per heavy atom. The highest BCUT2D eigenvalue weighted by Gasteiger charge is 2.39. The van der Waals surface area contributed by atoms with Crippen molar-refractivity contribution in [3.8, 4) is 0 Å². The predicted octanol–water partition coefficient (Wildman–Crippen LogP) is 4.52. The number of carbonyl (C=O) groups is 4. The Bertz CT molecular complexity index is 2350. The second-order valence-corrected chi connectivity index (χ2v) is 16.0. The summed E-state index contributed by atoms with van der Waals surface area (Å²) in [6.07, 6.45) is 14.4. The number of carbonyl (C=O) groups excluding carboxylic acids is 4. The maximum atomic E-state index is 13.4. The van der Waals surface area contributed by atoms with E-state index in [1.807, 2.05) is 12.1 Å². The van der Waals surface area contributed by atoms with Crippen molar-refractivity contribution < 1.29 is 19.2 Å². The Labute approximate surface area is 317 Å². The van der Waals surface area contributed by atoms with Crippen LogP contribution in [0.2, 0.25) is 0 Å². The summed E-state index contributed by atoms with van der Waals surface area (Å²) in [7, 11) is 0. The molecule has 4 amide bonds. The number of benzene rings is 2. The van der Waals surface area contributed by atoms with Gasteiger partial charge in [-0.05, 0) is 104 Å². The van der Waals surface area contributed by atoms with Crippen molar-refractivity contribution in [2.75, 3.05) is 42.9 Å². The summed E-state index contributed by atoms with van der Waals surface area (Å²) < 4.78 is 3.77. The summed E-state index contributed by atoms with van der Waals surface area (Å²) in [4.78, 5) is 61.6. The van der Waals surface area contributed by atoms with Gasteiger partial charge in [-0.2, -0.15) is 10.2 Å². The second kappa shape index (κ2) is 13.6. The molecule has 282 valence electrons. The number of amides is 4. The minimum absolute atomic E-state index is 0.129. The standard InChI is InChI=1S/C41H44N10O4/c52-37-7-6-36(40(54)45-37)49-23-27-18-30(4-5-31(27)41(49)55)48-16-8-25(9-17-48)22-47-14-10-29(11-15-47)51-24-28-19-35(32(26-2-3-26)20-34(28)46-51)44-39(53)33-21-43-50-13-1-12-42-38(33)50/h1,4-5,12-13,18-21,24-26,29,36H,2-3,6-11,14-17,22-23H2,(H,44,53)(H,45,52,54). The van der Waals surface area contributed by atoms with Crippen molar-refractivity contribution in [1.29, 1.82) is 0 Å². The van der Waals surface area contributed by atoms with Gasteiger partial charge in [0.25, 0.3) is 11.8 Å². The highest BCUT2D eigenvalue weighted by molar-refractivity contribution is 6.09. The zero-order valence-electron chi connectivity index (χ0n) is 30.7. The first-order valence-electron chi connectivity index (χ1n) is 19.7. The summed E-state index contributed by atoms with van der Waals surface area (Å²) >= 11 is 0. The third-order valence-corrected chi connectivity index (χ3v) is 12.4. The Balaban J connectivity index is 0.736. The maximum absolute atomic E-state index is 13.4. The van der Waals surface area contributed by atoms with Crippen molar-refractivity contribution >= 4 is 51.6 Å². The maximum Gasteiger partial charge on any atom is 0.261 e. The third kappa shape index (κ3) is 6.41. The number of anilines is 2. The average molecular weight is 741 g/mol. The van der Waals surface area contributed by atoms with E-state index in [-0.39, 0.29) is 30.0 Å². The topological polar surface area (TPSA) is 150 Å². The largest absolute Gasteiger partial charge is 0.372 e. The zero-order valence-corrected chi connectivity index (χ0v) is 30.7. The van der Waals surface area contributed by atoms with Crippen LogP contribution in [0.15, 0.2) is 61.2 Å². The van der Waals surface area contributed by atoms with Crippen LogP contribution in [-0.4, -0.2) is 96.6 Å².